The molecule has 0 heterocycles. The molecule has 0 spiro atoms. The van der Waals surface area contributed by atoms with Gasteiger partial charge in [0, 0.05) is 17.8 Å². The van der Waals surface area contributed by atoms with Gasteiger partial charge in [-0.15, -0.1) is 0 Å². The molecule has 1 atom stereocenters. The normalized spacial score (nSPS) is 12.2. The molecule has 4 aromatic carbocycles. The van der Waals surface area contributed by atoms with Crippen LogP contribution in [0.2, 0.25) is 0 Å². The van der Waals surface area contributed by atoms with Crippen LogP contribution in [-0.2, 0) is 22.3 Å². The third-order valence-corrected chi connectivity index (χ3v) is 6.76. The van der Waals surface area contributed by atoms with Crippen LogP contribution >= 0.6 is 0 Å². The number of benzene rings is 4. The summed E-state index contributed by atoms with van der Waals surface area (Å²) < 4.78 is 44.4. The number of halogens is 3. The first-order valence-corrected chi connectivity index (χ1v) is 14.2. The first kappa shape index (κ1) is 32.8. The molecule has 4 rings (SSSR count). The van der Waals surface area contributed by atoms with Gasteiger partial charge >= 0.3 is 12.3 Å². The van der Waals surface area contributed by atoms with Crippen LogP contribution in [0.5, 0.6) is 0 Å². The predicted octanol–water partition coefficient (Wildman–Crippen LogP) is 7.82. The van der Waals surface area contributed by atoms with Crippen molar-refractivity contribution in [1.82, 2.24) is 10.6 Å². The maximum Gasteiger partial charge on any atom is 0.416 e. The number of rotatable bonds is 8. The highest BCUT2D eigenvalue weighted by Gasteiger charge is 2.30. The number of anilines is 1. The lowest BCUT2D eigenvalue weighted by Crippen LogP contribution is -2.42. The maximum absolute atomic E-state index is 13.3. The van der Waals surface area contributed by atoms with Gasteiger partial charge in [-0.1, -0.05) is 72.8 Å². The van der Waals surface area contributed by atoms with E-state index in [0.717, 1.165) is 23.3 Å². The van der Waals surface area contributed by atoms with Crippen LogP contribution in [0.3, 0.4) is 0 Å². The van der Waals surface area contributed by atoms with Gasteiger partial charge in [-0.2, -0.15) is 13.2 Å². The number of ether oxygens (including phenoxy) is 1. The van der Waals surface area contributed by atoms with Crippen LogP contribution in [0, 0.1) is 6.92 Å². The first-order valence-electron chi connectivity index (χ1n) is 14.2. The summed E-state index contributed by atoms with van der Waals surface area (Å²) in [5.74, 6) is -0.851. The summed E-state index contributed by atoms with van der Waals surface area (Å²) in [7, 11) is 0. The minimum atomic E-state index is -4.46. The average molecular weight is 618 g/mol. The first-order chi connectivity index (χ1) is 21.2. The lowest BCUT2D eigenvalue weighted by molar-refractivity contribution is -0.137. The Morgan fingerprint density at radius 2 is 1.47 bits per heavy atom. The lowest BCUT2D eigenvalue weighted by Gasteiger charge is -2.23. The number of carbonyl (C=O) groups excluding carboxylic acids is 3. The van der Waals surface area contributed by atoms with E-state index in [9.17, 15) is 27.6 Å². The summed E-state index contributed by atoms with van der Waals surface area (Å²) in [5.41, 5.74) is 2.38. The minimum Gasteiger partial charge on any atom is -0.444 e. The van der Waals surface area contributed by atoms with Crippen molar-refractivity contribution < 1.29 is 32.3 Å². The second-order valence-corrected chi connectivity index (χ2v) is 11.4. The summed E-state index contributed by atoms with van der Waals surface area (Å²) in [6.07, 6.45) is -5.18. The van der Waals surface area contributed by atoms with Crippen molar-refractivity contribution in [1.29, 1.82) is 0 Å². The average Bonchev–Trinajstić information content (AvgIpc) is 2.99. The fraction of sp³-hybridized carbons (Fsp3) is 0.229. The molecule has 0 radical (unpaired) electrons. The van der Waals surface area contributed by atoms with Gasteiger partial charge in [-0.05, 0) is 79.8 Å². The van der Waals surface area contributed by atoms with Crippen LogP contribution in [0.15, 0.2) is 97.1 Å². The molecular weight excluding hydrogens is 583 g/mol. The number of carbonyl (C=O) groups is 3. The van der Waals surface area contributed by atoms with Gasteiger partial charge in [0.2, 0.25) is 5.91 Å². The van der Waals surface area contributed by atoms with E-state index >= 15 is 0 Å². The van der Waals surface area contributed by atoms with Crippen LogP contribution in [0.1, 0.15) is 59.4 Å². The zero-order valence-electron chi connectivity index (χ0n) is 25.3. The Labute approximate surface area is 259 Å². The molecular formula is C35H34F3N3O4. The molecule has 1 unspecified atom stereocenters. The molecule has 3 amide bonds. The number of alkyl halides is 3. The van der Waals surface area contributed by atoms with Crippen molar-refractivity contribution in [2.24, 2.45) is 0 Å². The van der Waals surface area contributed by atoms with Gasteiger partial charge in [-0.3, -0.25) is 9.59 Å². The number of hydrogen-bond acceptors (Lipinski definition) is 4. The smallest absolute Gasteiger partial charge is 0.416 e. The van der Waals surface area contributed by atoms with E-state index < -0.39 is 41.3 Å². The Morgan fingerprint density at radius 3 is 2.09 bits per heavy atom. The largest absolute Gasteiger partial charge is 0.444 e. The fourth-order valence-electron chi connectivity index (χ4n) is 4.60. The molecule has 0 aromatic heterocycles. The van der Waals surface area contributed by atoms with Crippen molar-refractivity contribution >= 4 is 23.6 Å². The molecule has 0 saturated heterocycles. The molecule has 0 aliphatic heterocycles. The zero-order chi connectivity index (χ0) is 32.8. The molecule has 4 aromatic rings. The van der Waals surface area contributed by atoms with E-state index in [1.807, 2.05) is 12.1 Å². The predicted molar refractivity (Wildman–Crippen MR) is 166 cm³/mol. The number of hydrogen-bond donors (Lipinski definition) is 3. The van der Waals surface area contributed by atoms with Crippen molar-refractivity contribution in [3.63, 3.8) is 0 Å². The summed E-state index contributed by atoms with van der Waals surface area (Å²) in [4.78, 5) is 38.9. The fourth-order valence-corrected chi connectivity index (χ4v) is 4.60. The quantitative estimate of drug-likeness (QED) is 0.188. The molecule has 45 heavy (non-hydrogen) atoms. The van der Waals surface area contributed by atoms with E-state index in [1.165, 1.54) is 12.1 Å². The van der Waals surface area contributed by atoms with E-state index in [2.05, 4.69) is 16.0 Å². The minimum absolute atomic E-state index is 0.157. The highest BCUT2D eigenvalue weighted by Crippen LogP contribution is 2.32. The summed E-state index contributed by atoms with van der Waals surface area (Å²) in [6.45, 7) is 7.16. The molecule has 10 heteroatoms. The molecule has 0 bridgehead atoms. The van der Waals surface area contributed by atoms with E-state index in [-0.39, 0.29) is 6.54 Å². The number of amides is 3. The Hall–Kier alpha value is -5.12. The third-order valence-electron chi connectivity index (χ3n) is 6.76. The van der Waals surface area contributed by atoms with Gasteiger partial charge in [0.15, 0.2) is 0 Å². The SMILES string of the molecule is Cc1cc(CNC(=O)C(NC(=O)OC(C)(C)C)c2ccccc2)ccc1NC(=O)c1ccccc1-c1ccc(C(F)(F)F)cc1. The highest BCUT2D eigenvalue weighted by atomic mass is 19.4. The van der Waals surface area contributed by atoms with E-state index in [1.54, 1.807) is 88.4 Å². The molecule has 7 nitrogen and oxygen atoms in total. The summed E-state index contributed by atoms with van der Waals surface area (Å²) >= 11 is 0. The topological polar surface area (TPSA) is 96.5 Å². The summed E-state index contributed by atoms with van der Waals surface area (Å²) in [6, 6.07) is 24.5. The van der Waals surface area contributed by atoms with Crippen LogP contribution in [0.4, 0.5) is 23.7 Å². The maximum atomic E-state index is 13.3. The molecule has 0 aliphatic carbocycles. The molecule has 0 fully saturated rings. The van der Waals surface area contributed by atoms with E-state index in [0.29, 0.717) is 27.9 Å². The monoisotopic (exact) mass is 617 g/mol. The second kappa shape index (κ2) is 13.7. The van der Waals surface area contributed by atoms with Crippen molar-refractivity contribution in [2.75, 3.05) is 5.32 Å². The Balaban J connectivity index is 1.44. The Kier molecular flexibility index (Phi) is 9.96. The number of aryl methyl sites for hydroxylation is 1. The molecule has 0 saturated carbocycles. The zero-order valence-corrected chi connectivity index (χ0v) is 25.3. The number of nitrogens with one attached hydrogen (secondary N) is 3. The number of alkyl carbamates (subject to hydrolysis) is 1. The molecule has 3 N–H and O–H groups in total. The van der Waals surface area contributed by atoms with Crippen molar-refractivity contribution in [3.05, 3.63) is 125 Å². The van der Waals surface area contributed by atoms with Crippen LogP contribution in [-0.4, -0.2) is 23.5 Å². The van der Waals surface area contributed by atoms with Crippen molar-refractivity contribution in [2.45, 2.75) is 52.1 Å². The highest BCUT2D eigenvalue weighted by molar-refractivity contribution is 6.09. The molecule has 234 valence electrons. The third kappa shape index (κ3) is 8.95. The van der Waals surface area contributed by atoms with Gasteiger partial charge < -0.3 is 20.7 Å². The van der Waals surface area contributed by atoms with Gasteiger partial charge in [0.25, 0.3) is 5.91 Å². The summed E-state index contributed by atoms with van der Waals surface area (Å²) in [5, 5.41) is 8.37. The van der Waals surface area contributed by atoms with Gasteiger partial charge in [0.05, 0.1) is 5.56 Å². The van der Waals surface area contributed by atoms with Gasteiger partial charge in [-0.25, -0.2) is 4.79 Å². The standard InChI is InChI=1S/C35H34F3N3O4/c1-22-20-23(21-39-32(43)30(25-10-6-5-7-11-25)41-33(44)45-34(2,3)4)14-19-29(22)40-31(42)28-13-9-8-12-27(28)24-15-17-26(18-16-24)35(36,37)38/h5-20,30H,21H2,1-4H3,(H,39,43)(H,40,42)(H,41,44). The van der Waals surface area contributed by atoms with Gasteiger partial charge in [0.1, 0.15) is 11.6 Å². The van der Waals surface area contributed by atoms with E-state index in [4.69, 9.17) is 4.74 Å². The van der Waals surface area contributed by atoms with Crippen LogP contribution in [0.25, 0.3) is 11.1 Å². The Morgan fingerprint density at radius 1 is 0.822 bits per heavy atom. The molecule has 0 aliphatic rings. The second-order valence-electron chi connectivity index (χ2n) is 11.4. The van der Waals surface area contributed by atoms with Crippen LogP contribution < -0.4 is 16.0 Å². The van der Waals surface area contributed by atoms with Crippen molar-refractivity contribution in [3.8, 4) is 11.1 Å². The Bertz CT molecular complexity index is 1660. The lowest BCUT2D eigenvalue weighted by atomic mass is 9.98.